The number of nitrogens with one attached hydrogen (secondary N) is 1. The third-order valence-electron chi connectivity index (χ3n) is 3.90. The molecule has 7 heteroatoms. The van der Waals surface area contributed by atoms with Gasteiger partial charge in [0, 0.05) is 13.6 Å². The number of carboxylic acid groups (broad SMARTS) is 1. The van der Waals surface area contributed by atoms with Crippen molar-refractivity contribution in [1.82, 2.24) is 9.03 Å². The van der Waals surface area contributed by atoms with Crippen LogP contribution in [0.15, 0.2) is 0 Å². The lowest BCUT2D eigenvalue weighted by Gasteiger charge is -2.29. The van der Waals surface area contributed by atoms with Crippen LogP contribution in [0.3, 0.4) is 0 Å². The van der Waals surface area contributed by atoms with Crippen LogP contribution in [0.25, 0.3) is 0 Å². The van der Waals surface area contributed by atoms with Gasteiger partial charge in [0.1, 0.15) is 6.04 Å². The number of hydrogen-bond acceptors (Lipinski definition) is 3. The molecular weight excluding hydrogens is 280 g/mol. The van der Waals surface area contributed by atoms with Gasteiger partial charge in [-0.15, -0.1) is 0 Å². The first-order chi connectivity index (χ1) is 9.38. The molecule has 0 heterocycles. The van der Waals surface area contributed by atoms with Gasteiger partial charge in [-0.3, -0.25) is 4.79 Å². The Morgan fingerprint density at radius 2 is 1.95 bits per heavy atom. The molecule has 1 unspecified atom stereocenters. The molecule has 1 saturated carbocycles. The van der Waals surface area contributed by atoms with Crippen molar-refractivity contribution in [2.45, 2.75) is 57.9 Å². The van der Waals surface area contributed by atoms with Crippen molar-refractivity contribution in [3.63, 3.8) is 0 Å². The number of aliphatic carboxylic acids is 1. The van der Waals surface area contributed by atoms with E-state index in [1.165, 1.54) is 11.4 Å². The molecule has 0 aliphatic heterocycles. The van der Waals surface area contributed by atoms with E-state index in [4.69, 9.17) is 0 Å². The molecule has 6 nitrogen and oxygen atoms in total. The maximum atomic E-state index is 12.1. The van der Waals surface area contributed by atoms with Gasteiger partial charge in [0.2, 0.25) is 0 Å². The summed E-state index contributed by atoms with van der Waals surface area (Å²) in [5.41, 5.74) is 0. The van der Waals surface area contributed by atoms with Crippen LogP contribution in [0.5, 0.6) is 0 Å². The molecule has 1 rings (SSSR count). The van der Waals surface area contributed by atoms with Crippen molar-refractivity contribution >= 4 is 16.2 Å². The second kappa shape index (κ2) is 7.95. The van der Waals surface area contributed by atoms with Gasteiger partial charge in [0.15, 0.2) is 0 Å². The molecule has 1 aliphatic carbocycles. The van der Waals surface area contributed by atoms with Gasteiger partial charge >= 0.3 is 5.97 Å². The largest absolute Gasteiger partial charge is 0.480 e. The van der Waals surface area contributed by atoms with Gasteiger partial charge in [-0.1, -0.05) is 32.6 Å². The molecule has 20 heavy (non-hydrogen) atoms. The number of unbranched alkanes of at least 4 members (excludes halogenated alkanes) is 1. The average molecular weight is 306 g/mol. The maximum Gasteiger partial charge on any atom is 0.322 e. The average Bonchev–Trinajstić information content (AvgIpc) is 2.42. The molecule has 0 spiro atoms. The highest BCUT2D eigenvalue weighted by Crippen LogP contribution is 2.27. The lowest BCUT2D eigenvalue weighted by atomic mass is 9.84. The van der Waals surface area contributed by atoms with Crippen LogP contribution in [0.4, 0.5) is 0 Å². The lowest BCUT2D eigenvalue weighted by Crippen LogP contribution is -2.51. The highest BCUT2D eigenvalue weighted by atomic mass is 32.2. The number of carbonyl (C=O) groups is 1. The molecule has 0 bridgehead atoms. The summed E-state index contributed by atoms with van der Waals surface area (Å²) < 4.78 is 27.9. The minimum atomic E-state index is -3.72. The Bertz CT molecular complexity index is 405. The maximum absolute atomic E-state index is 12.1. The molecule has 2 N–H and O–H groups in total. The molecule has 0 aromatic carbocycles. The molecule has 1 atom stereocenters. The summed E-state index contributed by atoms with van der Waals surface area (Å²) in [6.07, 6.45) is 6.26. The zero-order valence-corrected chi connectivity index (χ0v) is 13.2. The molecule has 0 aromatic heterocycles. The molecular formula is C13H26N2O4S. The molecule has 0 amide bonds. The zero-order valence-electron chi connectivity index (χ0n) is 12.3. The SMILES string of the molecule is CCCCN(C)S(=O)(=O)NC(C(=O)O)C1CCCCC1. The van der Waals surface area contributed by atoms with Crippen LogP contribution in [-0.4, -0.2) is 43.4 Å². The van der Waals surface area contributed by atoms with Gasteiger partial charge in [-0.05, 0) is 25.2 Å². The van der Waals surface area contributed by atoms with Crippen LogP contribution in [0, 0.1) is 5.92 Å². The first-order valence-electron chi connectivity index (χ1n) is 7.35. The van der Waals surface area contributed by atoms with Crippen LogP contribution in [0.2, 0.25) is 0 Å². The summed E-state index contributed by atoms with van der Waals surface area (Å²) in [4.78, 5) is 11.4. The first kappa shape index (κ1) is 17.4. The summed E-state index contributed by atoms with van der Waals surface area (Å²) in [5, 5.41) is 9.30. The minimum Gasteiger partial charge on any atom is -0.480 e. The molecule has 1 fully saturated rings. The van der Waals surface area contributed by atoms with E-state index in [2.05, 4.69) is 4.72 Å². The lowest BCUT2D eigenvalue weighted by molar-refractivity contribution is -0.140. The Hall–Kier alpha value is -0.660. The number of nitrogens with zero attached hydrogens (tertiary/aromatic N) is 1. The van der Waals surface area contributed by atoms with Gasteiger partial charge in [0.25, 0.3) is 10.2 Å². The van der Waals surface area contributed by atoms with Crippen LogP contribution < -0.4 is 4.72 Å². The summed E-state index contributed by atoms with van der Waals surface area (Å²) >= 11 is 0. The highest BCUT2D eigenvalue weighted by Gasteiger charge is 2.34. The summed E-state index contributed by atoms with van der Waals surface area (Å²) in [6.45, 7) is 2.39. The quantitative estimate of drug-likeness (QED) is 0.713. The van der Waals surface area contributed by atoms with E-state index in [1.807, 2.05) is 6.92 Å². The zero-order chi connectivity index (χ0) is 15.2. The van der Waals surface area contributed by atoms with Crippen LogP contribution in [-0.2, 0) is 15.0 Å². The molecule has 0 radical (unpaired) electrons. The fourth-order valence-corrected chi connectivity index (χ4v) is 3.73. The predicted molar refractivity (Wildman–Crippen MR) is 77.6 cm³/mol. The summed E-state index contributed by atoms with van der Waals surface area (Å²) in [6, 6.07) is -1.01. The van der Waals surface area contributed by atoms with Crippen molar-refractivity contribution in [2.75, 3.05) is 13.6 Å². The number of carboxylic acids is 1. The second-order valence-electron chi connectivity index (χ2n) is 5.51. The van der Waals surface area contributed by atoms with E-state index < -0.39 is 22.2 Å². The standard InChI is InChI=1S/C13H26N2O4S/c1-3-4-10-15(2)20(18,19)14-12(13(16)17)11-8-6-5-7-9-11/h11-12,14H,3-10H2,1-2H3,(H,16,17). The monoisotopic (exact) mass is 306 g/mol. The predicted octanol–water partition coefficient (Wildman–Crippen LogP) is 1.59. The normalized spacial score (nSPS) is 19.1. The molecule has 0 aromatic rings. The van der Waals surface area contributed by atoms with Crippen molar-refractivity contribution in [1.29, 1.82) is 0 Å². The Balaban J connectivity index is 2.71. The van der Waals surface area contributed by atoms with E-state index in [9.17, 15) is 18.3 Å². The molecule has 118 valence electrons. The minimum absolute atomic E-state index is 0.101. The van der Waals surface area contributed by atoms with Gasteiger partial charge < -0.3 is 5.11 Å². The van der Waals surface area contributed by atoms with Gasteiger partial charge in [-0.25, -0.2) is 0 Å². The van der Waals surface area contributed by atoms with E-state index in [1.54, 1.807) is 0 Å². The Morgan fingerprint density at radius 1 is 1.35 bits per heavy atom. The Kier molecular flexibility index (Phi) is 6.91. The highest BCUT2D eigenvalue weighted by molar-refractivity contribution is 7.87. The summed E-state index contributed by atoms with van der Waals surface area (Å²) in [7, 11) is -2.24. The first-order valence-corrected chi connectivity index (χ1v) is 8.79. The smallest absolute Gasteiger partial charge is 0.322 e. The van der Waals surface area contributed by atoms with E-state index in [-0.39, 0.29) is 5.92 Å². The van der Waals surface area contributed by atoms with E-state index in [0.29, 0.717) is 6.54 Å². The van der Waals surface area contributed by atoms with Gasteiger partial charge in [0.05, 0.1) is 0 Å². The Morgan fingerprint density at radius 3 is 2.45 bits per heavy atom. The summed E-state index contributed by atoms with van der Waals surface area (Å²) in [5.74, 6) is -1.18. The van der Waals surface area contributed by atoms with Gasteiger partial charge in [-0.2, -0.15) is 17.4 Å². The van der Waals surface area contributed by atoms with Crippen LogP contribution in [0.1, 0.15) is 51.9 Å². The molecule has 1 aliphatic rings. The number of hydrogen-bond donors (Lipinski definition) is 2. The number of rotatable bonds is 8. The fourth-order valence-electron chi connectivity index (χ4n) is 2.57. The van der Waals surface area contributed by atoms with Crippen molar-refractivity contribution < 1.29 is 18.3 Å². The van der Waals surface area contributed by atoms with Crippen molar-refractivity contribution in [3.05, 3.63) is 0 Å². The van der Waals surface area contributed by atoms with Crippen molar-refractivity contribution in [2.24, 2.45) is 5.92 Å². The second-order valence-corrected chi connectivity index (χ2v) is 7.32. The molecule has 0 saturated heterocycles. The van der Waals surface area contributed by atoms with Crippen LogP contribution >= 0.6 is 0 Å². The van der Waals surface area contributed by atoms with E-state index >= 15 is 0 Å². The van der Waals surface area contributed by atoms with Crippen molar-refractivity contribution in [3.8, 4) is 0 Å². The third kappa shape index (κ3) is 5.03. The fraction of sp³-hybridized carbons (Fsp3) is 0.923. The Labute approximate surface area is 121 Å². The third-order valence-corrected chi connectivity index (χ3v) is 5.46. The topological polar surface area (TPSA) is 86.7 Å². The van der Waals surface area contributed by atoms with E-state index in [0.717, 1.165) is 44.9 Å².